The second-order valence-corrected chi connectivity index (χ2v) is 6.31. The molecule has 0 N–H and O–H groups in total. The molecule has 0 unspecified atom stereocenters. The second-order valence-electron chi connectivity index (χ2n) is 4.35. The fourth-order valence-corrected chi connectivity index (χ4v) is 3.42. The number of carbonyl (C=O) groups is 1. The van der Waals surface area contributed by atoms with Crippen LogP contribution in [-0.2, 0) is 20.4 Å². The van der Waals surface area contributed by atoms with Crippen molar-refractivity contribution in [2.45, 2.75) is 16.7 Å². The molecule has 0 aliphatic rings. The molecule has 2 rings (SSSR count). The summed E-state index contributed by atoms with van der Waals surface area (Å²) in [6.07, 6.45) is 0. The van der Waals surface area contributed by atoms with Crippen molar-refractivity contribution in [2.75, 3.05) is 5.94 Å². The smallest absolute Gasteiger partial charge is 0.336 e. The van der Waals surface area contributed by atoms with Gasteiger partial charge in [-0.3, -0.25) is 0 Å². The lowest BCUT2D eigenvalue weighted by Gasteiger charge is -2.08. The van der Waals surface area contributed by atoms with Gasteiger partial charge in [0.15, 0.2) is 9.79 Å². The van der Waals surface area contributed by atoms with Gasteiger partial charge in [-0.05, 0) is 31.2 Å². The van der Waals surface area contributed by atoms with Crippen LogP contribution < -0.4 is 0 Å². The van der Waals surface area contributed by atoms with Crippen molar-refractivity contribution in [2.24, 2.45) is 0 Å². The van der Waals surface area contributed by atoms with E-state index in [0.717, 1.165) is 9.79 Å². The van der Waals surface area contributed by atoms with Crippen LogP contribution in [0.4, 0.5) is 0 Å². The third-order valence-electron chi connectivity index (χ3n) is 2.71. The van der Waals surface area contributed by atoms with E-state index in [9.17, 15) is 4.79 Å². The maximum absolute atomic E-state index is 11.6. The normalized spacial score (nSPS) is 10.3. The Bertz CT molecular complexity index is 539. The molecule has 2 nitrogen and oxygen atoms in total. The van der Waals surface area contributed by atoms with Gasteiger partial charge in [-0.2, -0.15) is 0 Å². The zero-order valence-corrected chi connectivity index (χ0v) is 12.2. The van der Waals surface area contributed by atoms with Crippen LogP contribution in [0.25, 0.3) is 0 Å². The molecule has 20 heavy (non-hydrogen) atoms. The van der Waals surface area contributed by atoms with Crippen LogP contribution >= 0.6 is 0 Å². The minimum absolute atomic E-state index is 0.273. The molecule has 0 saturated carbocycles. The lowest BCUT2D eigenvalue weighted by molar-refractivity contribution is -0.136. The summed E-state index contributed by atoms with van der Waals surface area (Å²) in [5.74, 6) is 0.00839. The lowest BCUT2D eigenvalue weighted by Crippen LogP contribution is -2.16. The molecule has 0 atom stereocenters. The van der Waals surface area contributed by atoms with Gasteiger partial charge >= 0.3 is 5.97 Å². The topological polar surface area (TPSA) is 26.3 Å². The van der Waals surface area contributed by atoms with E-state index in [-0.39, 0.29) is 16.9 Å². The summed E-state index contributed by atoms with van der Waals surface area (Å²) in [6, 6.07) is 20.2. The molecule has 0 radical (unpaired) electrons. The number of rotatable bonds is 5. The Morgan fingerprint density at radius 1 is 1.00 bits per heavy atom. The molecule has 3 heteroatoms. The summed E-state index contributed by atoms with van der Waals surface area (Å²) in [5.41, 5.74) is 0.426. The Morgan fingerprint density at radius 3 is 1.85 bits per heavy atom. The maximum atomic E-state index is 11.6. The van der Waals surface area contributed by atoms with E-state index in [1.54, 1.807) is 6.92 Å². The number of esters is 1. The molecule has 0 aromatic heterocycles. The number of ether oxygens (including phenoxy) is 1. The first-order valence-electron chi connectivity index (χ1n) is 6.32. The molecule has 2 aromatic carbocycles. The third-order valence-corrected chi connectivity index (χ3v) is 4.75. The van der Waals surface area contributed by atoms with Crippen LogP contribution in [-0.4, -0.2) is 11.9 Å². The number of hydrogen-bond acceptors (Lipinski definition) is 2. The highest BCUT2D eigenvalue weighted by atomic mass is 32.2. The molecule has 0 aliphatic heterocycles. The fraction of sp³-hybridized carbons (Fsp3) is 0.118. The second kappa shape index (κ2) is 6.96. The van der Waals surface area contributed by atoms with E-state index in [1.165, 1.54) is 0 Å². The highest BCUT2D eigenvalue weighted by molar-refractivity contribution is 7.96. The van der Waals surface area contributed by atoms with Gasteiger partial charge in [0.25, 0.3) is 5.94 Å². The van der Waals surface area contributed by atoms with E-state index in [1.807, 2.05) is 36.4 Å². The number of benzene rings is 2. The summed E-state index contributed by atoms with van der Waals surface area (Å²) >= 11 is 0. The zero-order chi connectivity index (χ0) is 14.4. The summed E-state index contributed by atoms with van der Waals surface area (Å²) in [4.78, 5) is 13.9. The van der Waals surface area contributed by atoms with Crippen LogP contribution in [0.1, 0.15) is 6.92 Å². The Hall–Kier alpha value is -2.00. The Morgan fingerprint density at radius 2 is 1.45 bits per heavy atom. The van der Waals surface area contributed by atoms with Gasteiger partial charge in [0.05, 0.1) is 0 Å². The highest BCUT2D eigenvalue weighted by Crippen LogP contribution is 2.23. The van der Waals surface area contributed by atoms with Crippen molar-refractivity contribution >= 4 is 16.9 Å². The molecule has 0 saturated heterocycles. The molecule has 102 valence electrons. The molecular formula is C17H17O2S+. The van der Waals surface area contributed by atoms with Crippen molar-refractivity contribution in [3.05, 3.63) is 72.8 Å². The van der Waals surface area contributed by atoms with Gasteiger partial charge in [-0.25, -0.2) is 4.79 Å². The summed E-state index contributed by atoms with van der Waals surface area (Å²) in [6.45, 7) is 5.27. The van der Waals surface area contributed by atoms with Gasteiger partial charge in [0.2, 0.25) is 0 Å². The van der Waals surface area contributed by atoms with Crippen molar-refractivity contribution in [1.29, 1.82) is 0 Å². The average molecular weight is 285 g/mol. The predicted octanol–water partition coefficient (Wildman–Crippen LogP) is 3.80. The van der Waals surface area contributed by atoms with Crippen molar-refractivity contribution < 1.29 is 9.53 Å². The largest absolute Gasteiger partial charge is 0.414 e. The molecule has 0 bridgehead atoms. The van der Waals surface area contributed by atoms with Gasteiger partial charge in [0.1, 0.15) is 10.9 Å². The van der Waals surface area contributed by atoms with Crippen LogP contribution in [0.3, 0.4) is 0 Å². The van der Waals surface area contributed by atoms with Crippen LogP contribution in [0.2, 0.25) is 0 Å². The first-order chi connectivity index (χ1) is 9.68. The molecule has 0 aliphatic carbocycles. The van der Waals surface area contributed by atoms with Gasteiger partial charge in [0, 0.05) is 5.57 Å². The van der Waals surface area contributed by atoms with Gasteiger partial charge < -0.3 is 4.74 Å². The summed E-state index contributed by atoms with van der Waals surface area (Å²) in [5, 5.41) is 0. The first-order valence-corrected chi connectivity index (χ1v) is 7.71. The fourth-order valence-electron chi connectivity index (χ4n) is 1.68. The lowest BCUT2D eigenvalue weighted by atomic mass is 10.4. The molecular weight excluding hydrogens is 268 g/mol. The number of hydrogen-bond donors (Lipinski definition) is 0. The zero-order valence-electron chi connectivity index (χ0n) is 11.4. The van der Waals surface area contributed by atoms with Crippen molar-refractivity contribution in [1.82, 2.24) is 0 Å². The molecule has 0 heterocycles. The summed E-state index contributed by atoms with van der Waals surface area (Å²) < 4.78 is 5.35. The van der Waals surface area contributed by atoms with Crippen molar-refractivity contribution in [3.8, 4) is 0 Å². The number of carbonyl (C=O) groups excluding carboxylic acids is 1. The molecule has 0 amide bonds. The van der Waals surface area contributed by atoms with E-state index in [4.69, 9.17) is 4.74 Å². The summed E-state index contributed by atoms with van der Waals surface area (Å²) in [7, 11) is -0.273. The Balaban J connectivity index is 2.22. The highest BCUT2D eigenvalue weighted by Gasteiger charge is 2.26. The Labute approximate surface area is 122 Å². The minimum atomic E-state index is -0.339. The molecule has 0 fully saturated rings. The van der Waals surface area contributed by atoms with Crippen LogP contribution in [0.15, 0.2) is 82.6 Å². The average Bonchev–Trinajstić information content (AvgIpc) is 2.49. The molecule has 2 aromatic rings. The molecule has 0 spiro atoms. The van der Waals surface area contributed by atoms with Crippen molar-refractivity contribution in [3.63, 3.8) is 0 Å². The van der Waals surface area contributed by atoms with Crippen LogP contribution in [0, 0.1) is 0 Å². The van der Waals surface area contributed by atoms with E-state index in [0.29, 0.717) is 11.5 Å². The van der Waals surface area contributed by atoms with Gasteiger partial charge in [-0.15, -0.1) is 0 Å². The standard InChI is InChI=1S/C17H17O2S/c1-14(2)17(18)19-13-20(15-9-5-3-6-10-15)16-11-7-4-8-12-16/h3-12H,1,13H2,2H3/q+1. The first kappa shape index (κ1) is 14.4. The maximum Gasteiger partial charge on any atom is 0.336 e. The minimum Gasteiger partial charge on any atom is -0.414 e. The van der Waals surface area contributed by atoms with Gasteiger partial charge in [-0.1, -0.05) is 43.0 Å². The SMILES string of the molecule is C=C(C)C(=O)OC[S+](c1ccccc1)c1ccccc1. The van der Waals surface area contributed by atoms with E-state index >= 15 is 0 Å². The Kier molecular flexibility index (Phi) is 5.02. The predicted molar refractivity (Wildman–Crippen MR) is 82.6 cm³/mol. The van der Waals surface area contributed by atoms with Crippen LogP contribution in [0.5, 0.6) is 0 Å². The quantitative estimate of drug-likeness (QED) is 0.474. The van der Waals surface area contributed by atoms with E-state index in [2.05, 4.69) is 30.8 Å². The van der Waals surface area contributed by atoms with E-state index < -0.39 is 0 Å². The monoisotopic (exact) mass is 285 g/mol. The third kappa shape index (κ3) is 3.75.